The number of piperazine rings is 1. The molecule has 2 atom stereocenters. The lowest BCUT2D eigenvalue weighted by molar-refractivity contribution is -0.139. The Bertz CT molecular complexity index is 591. The molecule has 0 aromatic carbocycles. The first-order valence-electron chi connectivity index (χ1n) is 12.4. The fraction of sp³-hybridized carbons (Fsp3) is 0.913. The molecule has 0 radical (unpaired) electrons. The molecule has 3 aliphatic heterocycles. The van der Waals surface area contributed by atoms with Crippen molar-refractivity contribution in [2.75, 3.05) is 52.9 Å². The van der Waals surface area contributed by atoms with Crippen molar-refractivity contribution in [1.82, 2.24) is 25.3 Å². The Kier molecular flexibility index (Phi) is 9.70. The topological polar surface area (TPSA) is 63.2 Å². The first kappa shape index (κ1) is 25.0. The van der Waals surface area contributed by atoms with Gasteiger partial charge in [-0.1, -0.05) is 12.8 Å². The summed E-state index contributed by atoms with van der Waals surface area (Å²) < 4.78 is 0. The highest BCUT2D eigenvalue weighted by Gasteiger charge is 2.36. The van der Waals surface area contributed by atoms with Crippen molar-refractivity contribution in [3.63, 3.8) is 0 Å². The monoisotopic (exact) mass is 546 g/mol. The number of nitrogens with one attached hydrogen (secondary N) is 2. The molecule has 8 heteroatoms. The summed E-state index contributed by atoms with van der Waals surface area (Å²) >= 11 is 0. The Balaban J connectivity index is 0.00000272. The minimum Gasteiger partial charge on any atom is -0.357 e. The second kappa shape index (κ2) is 12.0. The third-order valence-electron chi connectivity index (χ3n) is 7.85. The smallest absolute Gasteiger partial charge is 0.225 e. The Morgan fingerprint density at radius 3 is 2.23 bits per heavy atom. The van der Waals surface area contributed by atoms with E-state index in [0.717, 1.165) is 76.7 Å². The van der Waals surface area contributed by atoms with Crippen LogP contribution in [0, 0.1) is 5.92 Å². The van der Waals surface area contributed by atoms with E-state index in [-0.39, 0.29) is 24.0 Å². The van der Waals surface area contributed by atoms with E-state index in [1.165, 1.54) is 38.5 Å². The van der Waals surface area contributed by atoms with Gasteiger partial charge in [0.2, 0.25) is 5.91 Å². The van der Waals surface area contributed by atoms with Crippen LogP contribution >= 0.6 is 24.0 Å². The van der Waals surface area contributed by atoms with E-state index in [1.54, 1.807) is 0 Å². The van der Waals surface area contributed by atoms with Crippen LogP contribution in [0.25, 0.3) is 0 Å². The number of fused-ring (bicyclic) bond motifs is 2. The lowest BCUT2D eigenvalue weighted by Gasteiger charge is -2.47. The van der Waals surface area contributed by atoms with Gasteiger partial charge in [0.25, 0.3) is 0 Å². The van der Waals surface area contributed by atoms with Gasteiger partial charge in [0, 0.05) is 63.3 Å². The van der Waals surface area contributed by atoms with Crippen molar-refractivity contribution >= 4 is 35.8 Å². The van der Waals surface area contributed by atoms with Crippen molar-refractivity contribution < 1.29 is 4.79 Å². The maximum atomic E-state index is 12.4. The molecule has 4 aliphatic rings. The molecular weight excluding hydrogens is 503 g/mol. The van der Waals surface area contributed by atoms with E-state index >= 15 is 0 Å². The number of carbonyl (C=O) groups is 1. The Hall–Kier alpha value is -0.610. The number of rotatable bonds is 6. The zero-order valence-electron chi connectivity index (χ0n) is 19.5. The number of guanidine groups is 1. The van der Waals surface area contributed by atoms with Crippen molar-refractivity contribution in [2.45, 2.75) is 76.4 Å². The molecule has 0 spiro atoms. The van der Waals surface area contributed by atoms with Crippen molar-refractivity contribution in [3.05, 3.63) is 0 Å². The molecule has 1 saturated carbocycles. The average Bonchev–Trinajstić information content (AvgIpc) is 2.68. The van der Waals surface area contributed by atoms with Gasteiger partial charge in [0.15, 0.2) is 5.96 Å². The Morgan fingerprint density at radius 2 is 1.65 bits per heavy atom. The molecule has 1 amide bonds. The first-order chi connectivity index (χ1) is 14.6. The summed E-state index contributed by atoms with van der Waals surface area (Å²) in [6.07, 6.45) is 9.97. The van der Waals surface area contributed by atoms with Crippen LogP contribution in [0.15, 0.2) is 4.99 Å². The van der Waals surface area contributed by atoms with Crippen LogP contribution < -0.4 is 10.6 Å². The number of amides is 1. The zero-order valence-corrected chi connectivity index (χ0v) is 21.9. The molecule has 1 aliphatic carbocycles. The van der Waals surface area contributed by atoms with Gasteiger partial charge < -0.3 is 20.4 Å². The van der Waals surface area contributed by atoms with Crippen LogP contribution in [0.5, 0.6) is 0 Å². The first-order valence-corrected chi connectivity index (χ1v) is 12.4. The molecule has 3 heterocycles. The number of piperidine rings is 2. The Morgan fingerprint density at radius 1 is 1.00 bits per heavy atom. The number of aliphatic imine (C=N–C) groups is 1. The fourth-order valence-corrected chi connectivity index (χ4v) is 5.66. The van der Waals surface area contributed by atoms with Gasteiger partial charge in [-0.2, -0.15) is 0 Å². The van der Waals surface area contributed by atoms with Gasteiger partial charge >= 0.3 is 0 Å². The molecular formula is C23H43IN6O. The maximum Gasteiger partial charge on any atom is 0.225 e. The van der Waals surface area contributed by atoms with Gasteiger partial charge in [0.05, 0.1) is 6.54 Å². The van der Waals surface area contributed by atoms with E-state index in [4.69, 9.17) is 4.99 Å². The molecule has 31 heavy (non-hydrogen) atoms. The third-order valence-corrected chi connectivity index (χ3v) is 7.85. The molecule has 4 rings (SSSR count). The summed E-state index contributed by atoms with van der Waals surface area (Å²) in [6, 6.07) is 2.00. The maximum absolute atomic E-state index is 12.4. The summed E-state index contributed by atoms with van der Waals surface area (Å²) in [7, 11) is 2.31. The lowest BCUT2D eigenvalue weighted by Crippen LogP contribution is -2.56. The SMILES string of the molecule is CCNC(=NCCN1CCN(C(=O)C2CCC2)CC1)NC1CC2CCCC(C1)N2C.I. The minimum absolute atomic E-state index is 0. The summed E-state index contributed by atoms with van der Waals surface area (Å²) in [5, 5.41) is 7.18. The van der Waals surface area contributed by atoms with Crippen LogP contribution in [0.4, 0.5) is 0 Å². The molecule has 3 saturated heterocycles. The average molecular weight is 547 g/mol. The zero-order chi connectivity index (χ0) is 20.9. The summed E-state index contributed by atoms with van der Waals surface area (Å²) in [5.74, 6) is 1.71. The molecule has 0 aromatic heterocycles. The van der Waals surface area contributed by atoms with Gasteiger partial charge in [-0.15, -0.1) is 24.0 Å². The number of carbonyl (C=O) groups excluding carboxylic acids is 1. The molecule has 2 N–H and O–H groups in total. The molecule has 4 fully saturated rings. The highest BCUT2D eigenvalue weighted by atomic mass is 127. The normalized spacial score (nSPS) is 30.3. The van der Waals surface area contributed by atoms with Crippen LogP contribution in [0.2, 0.25) is 0 Å². The van der Waals surface area contributed by atoms with E-state index < -0.39 is 0 Å². The Labute approximate surface area is 205 Å². The highest BCUT2D eigenvalue weighted by Crippen LogP contribution is 2.32. The van der Waals surface area contributed by atoms with E-state index in [9.17, 15) is 4.79 Å². The standard InChI is InChI=1S/C23H42N6O.HI/c1-3-24-23(26-19-16-20-8-5-9-21(17-19)27(20)2)25-10-11-28-12-14-29(15-13-28)22(30)18-6-4-7-18;/h18-21H,3-17H2,1-2H3,(H2,24,25,26);1H. The third kappa shape index (κ3) is 6.47. The highest BCUT2D eigenvalue weighted by molar-refractivity contribution is 14.0. The van der Waals surface area contributed by atoms with Crippen LogP contribution in [-0.2, 0) is 4.79 Å². The van der Waals surface area contributed by atoms with Crippen LogP contribution in [0.1, 0.15) is 58.3 Å². The number of hydrogen-bond acceptors (Lipinski definition) is 4. The molecule has 7 nitrogen and oxygen atoms in total. The summed E-state index contributed by atoms with van der Waals surface area (Å²) in [6.45, 7) is 8.55. The molecule has 2 bridgehead atoms. The second-order valence-corrected chi connectivity index (χ2v) is 9.77. The van der Waals surface area contributed by atoms with Crippen molar-refractivity contribution in [1.29, 1.82) is 0 Å². The molecule has 2 unspecified atom stereocenters. The van der Waals surface area contributed by atoms with Gasteiger partial charge in [0.1, 0.15) is 0 Å². The van der Waals surface area contributed by atoms with Crippen molar-refractivity contribution in [2.24, 2.45) is 10.9 Å². The van der Waals surface area contributed by atoms with E-state index in [2.05, 4.69) is 39.3 Å². The second-order valence-electron chi connectivity index (χ2n) is 9.77. The van der Waals surface area contributed by atoms with Crippen LogP contribution in [0.3, 0.4) is 0 Å². The lowest BCUT2D eigenvalue weighted by atomic mass is 9.82. The van der Waals surface area contributed by atoms with Gasteiger partial charge in [-0.05, 0) is 52.5 Å². The van der Waals surface area contributed by atoms with E-state index in [1.807, 2.05) is 0 Å². The minimum atomic E-state index is 0. The molecule has 0 aromatic rings. The number of nitrogens with zero attached hydrogens (tertiary/aromatic N) is 4. The van der Waals surface area contributed by atoms with Crippen molar-refractivity contribution in [3.8, 4) is 0 Å². The quantitative estimate of drug-likeness (QED) is 0.304. The fourth-order valence-electron chi connectivity index (χ4n) is 5.66. The van der Waals surface area contributed by atoms with Gasteiger partial charge in [-0.3, -0.25) is 14.7 Å². The predicted molar refractivity (Wildman–Crippen MR) is 137 cm³/mol. The number of hydrogen-bond donors (Lipinski definition) is 2. The van der Waals surface area contributed by atoms with E-state index in [0.29, 0.717) is 17.9 Å². The summed E-state index contributed by atoms with van der Waals surface area (Å²) in [4.78, 5) is 24.4. The van der Waals surface area contributed by atoms with Gasteiger partial charge in [-0.25, -0.2) is 0 Å². The van der Waals surface area contributed by atoms with Crippen LogP contribution in [-0.4, -0.2) is 97.6 Å². The molecule has 178 valence electrons. The summed E-state index contributed by atoms with van der Waals surface area (Å²) in [5.41, 5.74) is 0. The largest absolute Gasteiger partial charge is 0.357 e. The number of halogens is 1. The predicted octanol–water partition coefficient (Wildman–Crippen LogP) is 2.12.